The summed E-state index contributed by atoms with van der Waals surface area (Å²) in [7, 11) is 0. The number of rotatable bonds is 8. The van der Waals surface area contributed by atoms with Gasteiger partial charge in [-0.2, -0.15) is 11.8 Å². The van der Waals surface area contributed by atoms with Crippen LogP contribution in [0.25, 0.3) is 0 Å². The molecule has 0 amide bonds. The van der Waals surface area contributed by atoms with Crippen LogP contribution in [0.1, 0.15) is 18.9 Å². The minimum absolute atomic E-state index is 0. The highest BCUT2D eigenvalue weighted by Crippen LogP contribution is 2.01. The van der Waals surface area contributed by atoms with Crippen LogP contribution in [0.4, 0.5) is 0 Å². The largest absolute Gasteiger partial charge is 0.480 e. The summed E-state index contributed by atoms with van der Waals surface area (Å²) in [6, 6.07) is 7.13. The first-order valence-electron chi connectivity index (χ1n) is 8.00. The second kappa shape index (κ2) is 23.7. The van der Waals surface area contributed by atoms with Crippen molar-refractivity contribution in [1.82, 2.24) is 6.15 Å². The van der Waals surface area contributed by atoms with Gasteiger partial charge < -0.3 is 38.7 Å². The molecule has 1 aromatic rings. The van der Waals surface area contributed by atoms with E-state index in [9.17, 15) is 14.4 Å². The van der Waals surface area contributed by atoms with Gasteiger partial charge in [-0.1, -0.05) is 30.3 Å². The normalized spacial score (nSPS) is 11.6. The van der Waals surface area contributed by atoms with Crippen molar-refractivity contribution < 1.29 is 29.7 Å². The van der Waals surface area contributed by atoms with Gasteiger partial charge in [0.2, 0.25) is 0 Å². The first-order chi connectivity index (χ1) is 12.5. The van der Waals surface area contributed by atoms with Crippen molar-refractivity contribution in [2.24, 2.45) is 17.2 Å². The number of carboxylic acids is 3. The predicted octanol–water partition coefficient (Wildman–Crippen LogP) is 1.22. The average molecular weight is 493 g/mol. The number of benzene rings is 1. The Hall–Kier alpha value is -1.60. The number of halogens is 2. The Morgan fingerprint density at radius 2 is 1.30 bits per heavy atom. The van der Waals surface area contributed by atoms with Gasteiger partial charge in [-0.05, 0) is 37.3 Å². The molecule has 0 spiro atoms. The summed E-state index contributed by atoms with van der Waals surface area (Å²) in [5.74, 6) is -2.02. The van der Waals surface area contributed by atoms with Crippen molar-refractivity contribution in [2.75, 3.05) is 12.0 Å². The molecule has 0 saturated carbocycles. The molecule has 0 radical (unpaired) electrons. The highest BCUT2D eigenvalue weighted by molar-refractivity contribution is 7.98. The van der Waals surface area contributed by atoms with Crippen molar-refractivity contribution >= 4 is 54.5 Å². The van der Waals surface area contributed by atoms with Crippen LogP contribution in [0.2, 0.25) is 0 Å². The van der Waals surface area contributed by atoms with Crippen LogP contribution in [-0.4, -0.2) is 63.4 Å². The summed E-state index contributed by atoms with van der Waals surface area (Å²) >= 11 is 1.60. The van der Waals surface area contributed by atoms with Crippen LogP contribution >= 0.6 is 36.6 Å². The molecule has 30 heavy (non-hydrogen) atoms. The van der Waals surface area contributed by atoms with Crippen LogP contribution in [-0.2, 0) is 20.8 Å². The quantitative estimate of drug-likeness (QED) is 0.272. The second-order valence-electron chi connectivity index (χ2n) is 5.49. The predicted molar refractivity (Wildman–Crippen MR) is 125 cm³/mol. The topological polar surface area (TPSA) is 225 Å². The fourth-order valence-electron chi connectivity index (χ4n) is 1.32. The van der Waals surface area contributed by atoms with Gasteiger partial charge in [0, 0.05) is 0 Å². The minimum atomic E-state index is -0.963. The van der Waals surface area contributed by atoms with E-state index in [-0.39, 0.29) is 31.0 Å². The maximum atomic E-state index is 10.4. The number of carbonyl (C=O) groups is 3. The van der Waals surface area contributed by atoms with Crippen molar-refractivity contribution in [3.05, 3.63) is 35.9 Å². The van der Waals surface area contributed by atoms with E-state index < -0.39 is 36.0 Å². The number of hydrogen-bond donors (Lipinski definition) is 7. The molecule has 0 bridgehead atoms. The van der Waals surface area contributed by atoms with Crippen LogP contribution in [0.5, 0.6) is 0 Å². The average Bonchev–Trinajstić information content (AvgIpc) is 2.61. The third-order valence-corrected chi connectivity index (χ3v) is 3.60. The molecule has 3 atom stereocenters. The van der Waals surface area contributed by atoms with Crippen LogP contribution in [0.15, 0.2) is 30.3 Å². The summed E-state index contributed by atoms with van der Waals surface area (Å²) in [5, 5.41) is 24.7. The Bertz CT molecular complexity index is 570. The Morgan fingerprint density at radius 1 is 0.900 bits per heavy atom. The van der Waals surface area contributed by atoms with Gasteiger partial charge in [0.1, 0.15) is 18.1 Å². The highest BCUT2D eigenvalue weighted by atomic mass is 35.5. The molecule has 1 aromatic carbocycles. The van der Waals surface area contributed by atoms with Gasteiger partial charge in [-0.25, -0.2) is 0 Å². The SMILES string of the molecule is CSCC[C@H](N)C(=O)O.C[C@H](N)C(=O)O.Cl.Cl.N.N[C@@H](Cc1ccccc1)C(=O)O. The molecular weight excluding hydrogens is 459 g/mol. The molecule has 0 heterocycles. The van der Waals surface area contributed by atoms with Crippen LogP contribution in [0.3, 0.4) is 0 Å². The van der Waals surface area contributed by atoms with E-state index >= 15 is 0 Å². The number of aliphatic carboxylic acids is 3. The molecular formula is C17H34Cl2N4O6S. The molecule has 0 aliphatic rings. The zero-order chi connectivity index (χ0) is 21.4. The number of thioether (sulfide) groups is 1. The standard InChI is InChI=1S/C9H11NO2.C5H11NO2S.C3H7NO2.2ClH.H3N/c10-8(9(11)12)6-7-4-2-1-3-5-7;1-9-3-2-4(6)5(7)8;1-2(4)3(5)6;;;/h1-5,8H,6,10H2,(H,11,12);4H,2-3,6H2,1H3,(H,7,8);2H,4H2,1H3,(H,5,6);2*1H;1H3/t8-;4-;2-;;;/m000.../s1. The van der Waals surface area contributed by atoms with Gasteiger partial charge >= 0.3 is 17.9 Å². The summed E-state index contributed by atoms with van der Waals surface area (Å²) < 4.78 is 0. The van der Waals surface area contributed by atoms with Crippen molar-refractivity contribution in [1.29, 1.82) is 0 Å². The zero-order valence-electron chi connectivity index (χ0n) is 17.0. The van der Waals surface area contributed by atoms with Crippen LogP contribution in [0, 0.1) is 0 Å². The molecule has 12 N–H and O–H groups in total. The Labute approximate surface area is 193 Å². The lowest BCUT2D eigenvalue weighted by atomic mass is 10.1. The Morgan fingerprint density at radius 3 is 1.60 bits per heavy atom. The van der Waals surface area contributed by atoms with E-state index in [1.807, 2.05) is 36.6 Å². The van der Waals surface area contributed by atoms with E-state index in [0.717, 1.165) is 11.3 Å². The fraction of sp³-hybridized carbons (Fsp3) is 0.471. The molecule has 0 fully saturated rings. The monoisotopic (exact) mass is 492 g/mol. The lowest BCUT2D eigenvalue weighted by molar-refractivity contribution is -0.139. The highest BCUT2D eigenvalue weighted by Gasteiger charge is 2.11. The third-order valence-electron chi connectivity index (χ3n) is 2.96. The summed E-state index contributed by atoms with van der Waals surface area (Å²) in [6.45, 7) is 1.42. The first kappa shape index (κ1) is 38.9. The third kappa shape index (κ3) is 24.4. The maximum Gasteiger partial charge on any atom is 0.320 e. The lowest BCUT2D eigenvalue weighted by Gasteiger charge is -2.04. The minimum Gasteiger partial charge on any atom is -0.480 e. The molecule has 0 aliphatic carbocycles. The fourth-order valence-corrected chi connectivity index (χ4v) is 1.81. The Kier molecular flexibility index (Phi) is 30.7. The Balaban J connectivity index is -0.000000105. The van der Waals surface area contributed by atoms with Gasteiger partial charge in [-0.3, -0.25) is 14.4 Å². The van der Waals surface area contributed by atoms with Gasteiger partial charge in [0.05, 0.1) is 0 Å². The molecule has 10 nitrogen and oxygen atoms in total. The molecule has 13 heteroatoms. The smallest absolute Gasteiger partial charge is 0.320 e. The van der Waals surface area contributed by atoms with Crippen LogP contribution < -0.4 is 23.4 Å². The number of hydrogen-bond acceptors (Lipinski definition) is 8. The van der Waals surface area contributed by atoms with Crippen molar-refractivity contribution in [2.45, 2.75) is 37.9 Å². The summed E-state index contributed by atoms with van der Waals surface area (Å²) in [4.78, 5) is 30.0. The number of nitrogens with two attached hydrogens (primary N) is 3. The van der Waals surface area contributed by atoms with E-state index in [0.29, 0.717) is 12.8 Å². The van der Waals surface area contributed by atoms with Gasteiger partial charge in [-0.15, -0.1) is 24.8 Å². The van der Waals surface area contributed by atoms with E-state index in [4.69, 9.17) is 32.5 Å². The second-order valence-corrected chi connectivity index (χ2v) is 6.47. The molecule has 0 aliphatic heterocycles. The molecule has 1 rings (SSSR count). The van der Waals surface area contributed by atoms with Crippen molar-refractivity contribution in [3.63, 3.8) is 0 Å². The molecule has 178 valence electrons. The molecule has 0 saturated heterocycles. The molecule has 0 unspecified atom stereocenters. The van der Waals surface area contributed by atoms with E-state index in [1.165, 1.54) is 6.92 Å². The van der Waals surface area contributed by atoms with Gasteiger partial charge in [0.25, 0.3) is 0 Å². The first-order valence-corrected chi connectivity index (χ1v) is 9.40. The lowest BCUT2D eigenvalue weighted by Crippen LogP contribution is -2.32. The maximum absolute atomic E-state index is 10.4. The summed E-state index contributed by atoms with van der Waals surface area (Å²) in [5.41, 5.74) is 16.3. The summed E-state index contributed by atoms with van der Waals surface area (Å²) in [6.07, 6.45) is 2.86. The van der Waals surface area contributed by atoms with Crippen molar-refractivity contribution in [3.8, 4) is 0 Å². The van der Waals surface area contributed by atoms with E-state index in [2.05, 4.69) is 0 Å². The molecule has 0 aromatic heterocycles. The van der Waals surface area contributed by atoms with E-state index in [1.54, 1.807) is 11.8 Å². The zero-order valence-corrected chi connectivity index (χ0v) is 19.4. The van der Waals surface area contributed by atoms with Gasteiger partial charge in [0.15, 0.2) is 0 Å². The number of carboxylic acid groups (broad SMARTS) is 3.